The van der Waals surface area contributed by atoms with Crippen LogP contribution in [0.2, 0.25) is 0 Å². The Kier molecular flexibility index (Phi) is 6.80. The maximum Gasteiger partial charge on any atom is 0.311 e. The molecule has 19 heavy (non-hydrogen) atoms. The topological polar surface area (TPSA) is 38.8 Å². The molecular formula is C15H29NO3. The molecule has 4 nitrogen and oxygen atoms in total. The number of ether oxygens (including phenoxy) is 2. The van der Waals surface area contributed by atoms with E-state index in [0.29, 0.717) is 6.04 Å². The van der Waals surface area contributed by atoms with Gasteiger partial charge in [0.05, 0.1) is 25.2 Å². The van der Waals surface area contributed by atoms with Crippen LogP contribution in [0.4, 0.5) is 0 Å². The van der Waals surface area contributed by atoms with Gasteiger partial charge in [0.25, 0.3) is 0 Å². The molecule has 0 aromatic rings. The lowest BCUT2D eigenvalue weighted by molar-refractivity contribution is -0.150. The Morgan fingerprint density at radius 1 is 1.42 bits per heavy atom. The van der Waals surface area contributed by atoms with E-state index in [-0.39, 0.29) is 24.1 Å². The molecule has 0 saturated carbocycles. The van der Waals surface area contributed by atoms with Gasteiger partial charge in [0.2, 0.25) is 0 Å². The number of rotatable bonds is 7. The van der Waals surface area contributed by atoms with Crippen molar-refractivity contribution in [3.05, 3.63) is 0 Å². The molecule has 0 amide bonds. The van der Waals surface area contributed by atoms with Gasteiger partial charge in [-0.1, -0.05) is 13.3 Å². The molecule has 1 rings (SSSR count). The van der Waals surface area contributed by atoms with Crippen molar-refractivity contribution in [1.29, 1.82) is 0 Å². The molecule has 0 aliphatic carbocycles. The number of hydrogen-bond acceptors (Lipinski definition) is 4. The van der Waals surface area contributed by atoms with Gasteiger partial charge in [-0.25, -0.2) is 0 Å². The fourth-order valence-corrected chi connectivity index (χ4v) is 2.84. The van der Waals surface area contributed by atoms with Gasteiger partial charge in [0.15, 0.2) is 0 Å². The summed E-state index contributed by atoms with van der Waals surface area (Å²) in [6, 6.07) is 0.571. The molecule has 1 heterocycles. The van der Waals surface area contributed by atoms with Crippen LogP contribution in [0, 0.1) is 5.92 Å². The highest BCUT2D eigenvalue weighted by Crippen LogP contribution is 2.29. The van der Waals surface area contributed by atoms with Crippen LogP contribution >= 0.6 is 0 Å². The SMILES string of the molecule is CCC[C@H](C[C@@H]1CC[C@H]([C@@H](C)C(=O)OC)O1)N(C)C. The minimum Gasteiger partial charge on any atom is -0.469 e. The Balaban J connectivity index is 2.45. The molecule has 4 heteroatoms. The predicted octanol–water partition coefficient (Wildman–Crippen LogP) is 2.46. The normalized spacial score (nSPS) is 26.4. The third-order valence-electron chi connectivity index (χ3n) is 4.16. The highest BCUT2D eigenvalue weighted by atomic mass is 16.5. The van der Waals surface area contributed by atoms with E-state index in [0.717, 1.165) is 19.3 Å². The zero-order valence-corrected chi connectivity index (χ0v) is 13.0. The second kappa shape index (κ2) is 7.85. The maximum absolute atomic E-state index is 11.5. The molecule has 0 radical (unpaired) electrons. The van der Waals surface area contributed by atoms with Gasteiger partial charge in [-0.3, -0.25) is 4.79 Å². The van der Waals surface area contributed by atoms with Crippen molar-refractivity contribution in [2.24, 2.45) is 5.92 Å². The minimum atomic E-state index is -0.164. The van der Waals surface area contributed by atoms with Crippen LogP contribution in [-0.2, 0) is 14.3 Å². The Hall–Kier alpha value is -0.610. The Morgan fingerprint density at radius 2 is 2.11 bits per heavy atom. The lowest BCUT2D eigenvalue weighted by Gasteiger charge is -2.27. The van der Waals surface area contributed by atoms with E-state index in [2.05, 4.69) is 25.9 Å². The predicted molar refractivity (Wildman–Crippen MR) is 76.1 cm³/mol. The minimum absolute atomic E-state index is 0.0295. The van der Waals surface area contributed by atoms with Gasteiger partial charge < -0.3 is 14.4 Å². The van der Waals surface area contributed by atoms with Crippen LogP contribution in [0.1, 0.15) is 46.0 Å². The fraction of sp³-hybridized carbons (Fsp3) is 0.933. The van der Waals surface area contributed by atoms with E-state index >= 15 is 0 Å². The summed E-state index contributed by atoms with van der Waals surface area (Å²) in [4.78, 5) is 13.8. The molecule has 0 aromatic heterocycles. The second-order valence-electron chi connectivity index (χ2n) is 5.83. The van der Waals surface area contributed by atoms with Crippen LogP contribution in [0.25, 0.3) is 0 Å². The quantitative estimate of drug-likeness (QED) is 0.667. The fourth-order valence-electron chi connectivity index (χ4n) is 2.84. The average Bonchev–Trinajstić information content (AvgIpc) is 2.84. The summed E-state index contributed by atoms with van der Waals surface area (Å²) in [6.45, 7) is 4.11. The molecule has 0 aromatic carbocycles. The largest absolute Gasteiger partial charge is 0.469 e. The average molecular weight is 271 g/mol. The van der Waals surface area contributed by atoms with E-state index in [1.54, 1.807) is 0 Å². The summed E-state index contributed by atoms with van der Waals surface area (Å²) in [5.41, 5.74) is 0. The third kappa shape index (κ3) is 4.77. The Labute approximate surface area is 117 Å². The molecule has 0 spiro atoms. The summed E-state index contributed by atoms with van der Waals surface area (Å²) in [5, 5.41) is 0. The van der Waals surface area contributed by atoms with Crippen molar-refractivity contribution in [1.82, 2.24) is 4.90 Å². The van der Waals surface area contributed by atoms with Gasteiger partial charge in [-0.05, 0) is 46.7 Å². The van der Waals surface area contributed by atoms with E-state index in [1.807, 2.05) is 6.92 Å². The van der Waals surface area contributed by atoms with Crippen molar-refractivity contribution in [3.8, 4) is 0 Å². The van der Waals surface area contributed by atoms with Crippen molar-refractivity contribution in [2.75, 3.05) is 21.2 Å². The zero-order valence-electron chi connectivity index (χ0n) is 13.0. The molecule has 1 saturated heterocycles. The second-order valence-corrected chi connectivity index (χ2v) is 5.83. The van der Waals surface area contributed by atoms with Gasteiger partial charge in [-0.2, -0.15) is 0 Å². The number of carbonyl (C=O) groups excluding carboxylic acids is 1. The molecule has 0 bridgehead atoms. The van der Waals surface area contributed by atoms with E-state index < -0.39 is 0 Å². The van der Waals surface area contributed by atoms with E-state index in [1.165, 1.54) is 20.0 Å². The first-order valence-corrected chi connectivity index (χ1v) is 7.39. The van der Waals surface area contributed by atoms with Gasteiger partial charge in [0, 0.05) is 6.04 Å². The number of methoxy groups -OCH3 is 1. The van der Waals surface area contributed by atoms with Gasteiger partial charge >= 0.3 is 5.97 Å². The number of hydrogen-bond donors (Lipinski definition) is 0. The first kappa shape index (κ1) is 16.4. The number of carbonyl (C=O) groups is 1. The first-order valence-electron chi connectivity index (χ1n) is 7.39. The Bertz CT molecular complexity index is 281. The van der Waals surface area contributed by atoms with Gasteiger partial charge in [-0.15, -0.1) is 0 Å². The standard InChI is InChI=1S/C15H29NO3/c1-6-7-12(16(3)4)10-13-8-9-14(19-13)11(2)15(17)18-5/h11-14H,6-10H2,1-5H3/t11-,12-,13+,14-/m1/s1. The zero-order chi connectivity index (χ0) is 14.4. The lowest BCUT2D eigenvalue weighted by Crippen LogP contribution is -2.33. The van der Waals surface area contributed by atoms with Crippen LogP contribution < -0.4 is 0 Å². The summed E-state index contributed by atoms with van der Waals surface area (Å²) in [5.74, 6) is -0.317. The van der Waals surface area contributed by atoms with Crippen LogP contribution in [0.5, 0.6) is 0 Å². The molecule has 0 unspecified atom stereocenters. The monoisotopic (exact) mass is 271 g/mol. The van der Waals surface area contributed by atoms with Crippen LogP contribution in [0.15, 0.2) is 0 Å². The summed E-state index contributed by atoms with van der Waals surface area (Å²) < 4.78 is 10.8. The summed E-state index contributed by atoms with van der Waals surface area (Å²) >= 11 is 0. The summed E-state index contributed by atoms with van der Waals surface area (Å²) in [6.07, 6.45) is 5.79. The van der Waals surface area contributed by atoms with Crippen molar-refractivity contribution < 1.29 is 14.3 Å². The molecule has 1 aliphatic heterocycles. The molecule has 1 fully saturated rings. The smallest absolute Gasteiger partial charge is 0.311 e. The number of esters is 1. The van der Waals surface area contributed by atoms with Crippen LogP contribution in [0.3, 0.4) is 0 Å². The van der Waals surface area contributed by atoms with Crippen LogP contribution in [-0.4, -0.2) is 50.3 Å². The Morgan fingerprint density at radius 3 is 2.63 bits per heavy atom. The van der Waals surface area contributed by atoms with Crippen molar-refractivity contribution >= 4 is 5.97 Å². The van der Waals surface area contributed by atoms with Crippen molar-refractivity contribution in [2.45, 2.75) is 64.2 Å². The molecule has 112 valence electrons. The molecule has 0 N–H and O–H groups in total. The molecular weight excluding hydrogens is 242 g/mol. The summed E-state index contributed by atoms with van der Waals surface area (Å²) in [7, 11) is 5.70. The van der Waals surface area contributed by atoms with Crippen molar-refractivity contribution in [3.63, 3.8) is 0 Å². The van der Waals surface area contributed by atoms with E-state index in [9.17, 15) is 4.79 Å². The molecule has 1 aliphatic rings. The highest BCUT2D eigenvalue weighted by molar-refractivity contribution is 5.72. The lowest BCUT2D eigenvalue weighted by atomic mass is 9.99. The van der Waals surface area contributed by atoms with E-state index in [4.69, 9.17) is 9.47 Å². The third-order valence-corrected chi connectivity index (χ3v) is 4.16. The van der Waals surface area contributed by atoms with Gasteiger partial charge in [0.1, 0.15) is 0 Å². The first-order chi connectivity index (χ1) is 8.99. The number of nitrogens with zero attached hydrogens (tertiary/aromatic N) is 1. The maximum atomic E-state index is 11.5. The molecule has 4 atom stereocenters. The highest BCUT2D eigenvalue weighted by Gasteiger charge is 2.34.